The summed E-state index contributed by atoms with van der Waals surface area (Å²) < 4.78 is 18.6. The van der Waals surface area contributed by atoms with Gasteiger partial charge in [-0.25, -0.2) is 4.79 Å². The molecule has 0 bridgehead atoms. The second-order valence-corrected chi connectivity index (χ2v) is 8.16. The Morgan fingerprint density at radius 1 is 1.16 bits per heavy atom. The molecule has 0 spiro atoms. The zero-order valence-electron chi connectivity index (χ0n) is 19.0. The van der Waals surface area contributed by atoms with Gasteiger partial charge >= 0.3 is 5.97 Å². The van der Waals surface area contributed by atoms with Crippen molar-refractivity contribution in [2.45, 2.75) is 39.5 Å². The fourth-order valence-corrected chi connectivity index (χ4v) is 3.60. The Bertz CT molecular complexity index is 1070. The van der Waals surface area contributed by atoms with E-state index in [0.717, 1.165) is 5.56 Å². The molecule has 2 unspecified atom stereocenters. The van der Waals surface area contributed by atoms with Crippen molar-refractivity contribution in [1.82, 2.24) is 9.78 Å². The van der Waals surface area contributed by atoms with Gasteiger partial charge in [-0.1, -0.05) is 26.0 Å². The van der Waals surface area contributed by atoms with Crippen molar-refractivity contribution in [2.75, 3.05) is 20.8 Å². The molecule has 0 saturated heterocycles. The summed E-state index contributed by atoms with van der Waals surface area (Å²) in [6.45, 7) is 6.63. The maximum absolute atomic E-state index is 11.5. The minimum absolute atomic E-state index is 0.134. The number of fused-ring (bicyclic) bond motifs is 1. The number of aliphatic hydroxyl groups excluding tert-OH is 1. The van der Waals surface area contributed by atoms with E-state index in [1.54, 1.807) is 49.4 Å². The Balaban J connectivity index is 1.96. The van der Waals surface area contributed by atoms with Gasteiger partial charge in [0.15, 0.2) is 0 Å². The maximum Gasteiger partial charge on any atom is 0.337 e. The Morgan fingerprint density at radius 3 is 2.38 bits per heavy atom. The summed E-state index contributed by atoms with van der Waals surface area (Å²) in [6, 6.07) is 8.56. The van der Waals surface area contributed by atoms with Crippen LogP contribution in [0.15, 0.2) is 36.5 Å². The molecule has 2 N–H and O–H groups in total. The first-order chi connectivity index (χ1) is 15.2. The zero-order valence-corrected chi connectivity index (χ0v) is 19.0. The van der Waals surface area contributed by atoms with E-state index in [0.29, 0.717) is 34.6 Å². The average molecular weight is 443 g/mol. The molecule has 0 amide bonds. The number of hydrogen-bond acceptors (Lipinski definition) is 6. The molecule has 8 nitrogen and oxygen atoms in total. The molecular formula is C24H30N2O6. The van der Waals surface area contributed by atoms with Crippen LogP contribution in [0.25, 0.3) is 10.9 Å². The van der Waals surface area contributed by atoms with Gasteiger partial charge in [-0.3, -0.25) is 4.68 Å². The SMILES string of the molecule is COc1cc(C(O)C(Cn2cc3cccc(C(=O)O)c3n2)OCC(C)C)cc(OC)c1C. The average Bonchev–Trinajstić information content (AvgIpc) is 3.18. The number of aliphatic hydroxyl groups is 1. The fourth-order valence-electron chi connectivity index (χ4n) is 3.60. The maximum atomic E-state index is 11.5. The van der Waals surface area contributed by atoms with Crippen LogP contribution in [0.5, 0.6) is 11.5 Å². The molecule has 1 heterocycles. The van der Waals surface area contributed by atoms with E-state index in [-0.39, 0.29) is 18.0 Å². The number of aromatic nitrogens is 2. The quantitative estimate of drug-likeness (QED) is 0.492. The number of methoxy groups -OCH3 is 2. The van der Waals surface area contributed by atoms with Crippen LogP contribution >= 0.6 is 0 Å². The van der Waals surface area contributed by atoms with Crippen molar-refractivity contribution < 1.29 is 29.2 Å². The van der Waals surface area contributed by atoms with Crippen molar-refractivity contribution in [1.29, 1.82) is 0 Å². The third-order valence-corrected chi connectivity index (χ3v) is 5.29. The zero-order chi connectivity index (χ0) is 23.4. The third-order valence-electron chi connectivity index (χ3n) is 5.29. The number of nitrogens with zero attached hydrogens (tertiary/aromatic N) is 2. The predicted molar refractivity (Wildman–Crippen MR) is 121 cm³/mol. The molecule has 0 aliphatic heterocycles. The molecular weight excluding hydrogens is 412 g/mol. The Hall–Kier alpha value is -3.10. The van der Waals surface area contributed by atoms with E-state index in [4.69, 9.17) is 14.2 Å². The summed E-state index contributed by atoms with van der Waals surface area (Å²) in [5, 5.41) is 25.8. The van der Waals surface area contributed by atoms with Crippen LogP contribution < -0.4 is 9.47 Å². The topological polar surface area (TPSA) is 103 Å². The molecule has 0 fully saturated rings. The molecule has 2 aromatic carbocycles. The molecule has 0 saturated carbocycles. The Labute approximate surface area is 187 Å². The molecule has 8 heteroatoms. The molecule has 3 aromatic rings. The van der Waals surface area contributed by atoms with Gasteiger partial charge in [0.1, 0.15) is 29.2 Å². The Kier molecular flexibility index (Phi) is 7.37. The largest absolute Gasteiger partial charge is 0.496 e. The summed E-state index contributed by atoms with van der Waals surface area (Å²) in [6.07, 6.45) is 0.150. The third kappa shape index (κ3) is 5.03. The predicted octanol–water partition coefficient (Wildman–Crippen LogP) is 3.83. The highest BCUT2D eigenvalue weighted by molar-refractivity contribution is 6.01. The van der Waals surface area contributed by atoms with E-state index in [1.165, 1.54) is 6.07 Å². The van der Waals surface area contributed by atoms with Gasteiger partial charge in [0.05, 0.1) is 26.3 Å². The fraction of sp³-hybridized carbons (Fsp3) is 0.417. The second-order valence-electron chi connectivity index (χ2n) is 8.16. The van der Waals surface area contributed by atoms with E-state index in [2.05, 4.69) is 5.10 Å². The lowest BCUT2D eigenvalue weighted by atomic mass is 10.0. The highest BCUT2D eigenvalue weighted by atomic mass is 16.5. The van der Waals surface area contributed by atoms with E-state index in [9.17, 15) is 15.0 Å². The first-order valence-electron chi connectivity index (χ1n) is 10.5. The number of carboxylic acids is 1. The molecule has 0 aliphatic carbocycles. The number of rotatable bonds is 10. The smallest absolute Gasteiger partial charge is 0.337 e. The number of carboxylic acid groups (broad SMARTS) is 1. The molecule has 0 radical (unpaired) electrons. The monoisotopic (exact) mass is 442 g/mol. The molecule has 1 aromatic heterocycles. The standard InChI is InChI=1S/C24H30N2O6/c1-14(2)13-32-21(23(27)17-9-19(30-4)15(3)20(10-17)31-5)12-26-11-16-7-6-8-18(24(28)29)22(16)25-26/h6-11,14,21,23,27H,12-13H2,1-5H3,(H,28,29). The number of hydrogen-bond donors (Lipinski definition) is 2. The summed E-state index contributed by atoms with van der Waals surface area (Å²) in [5.41, 5.74) is 1.97. The molecule has 3 rings (SSSR count). The summed E-state index contributed by atoms with van der Waals surface area (Å²) in [4.78, 5) is 11.5. The van der Waals surface area contributed by atoms with Crippen LogP contribution in [0.2, 0.25) is 0 Å². The summed E-state index contributed by atoms with van der Waals surface area (Å²) >= 11 is 0. The highest BCUT2D eigenvalue weighted by Crippen LogP contribution is 2.34. The van der Waals surface area contributed by atoms with Crippen molar-refractivity contribution in [3.05, 3.63) is 53.2 Å². The van der Waals surface area contributed by atoms with E-state index < -0.39 is 18.2 Å². The molecule has 2 atom stereocenters. The van der Waals surface area contributed by atoms with Crippen LogP contribution in [0.1, 0.15) is 41.4 Å². The van der Waals surface area contributed by atoms with Gasteiger partial charge in [0, 0.05) is 23.8 Å². The van der Waals surface area contributed by atoms with Gasteiger partial charge in [0.25, 0.3) is 0 Å². The highest BCUT2D eigenvalue weighted by Gasteiger charge is 2.26. The van der Waals surface area contributed by atoms with Crippen LogP contribution in [0, 0.1) is 12.8 Å². The lowest BCUT2D eigenvalue weighted by molar-refractivity contribution is -0.0574. The first-order valence-corrected chi connectivity index (χ1v) is 10.5. The second kappa shape index (κ2) is 10.0. The van der Waals surface area contributed by atoms with Crippen LogP contribution in [0.4, 0.5) is 0 Å². The molecule has 32 heavy (non-hydrogen) atoms. The van der Waals surface area contributed by atoms with E-state index in [1.807, 2.05) is 20.8 Å². The lowest BCUT2D eigenvalue weighted by Gasteiger charge is -2.26. The van der Waals surface area contributed by atoms with Gasteiger partial charge in [-0.05, 0) is 36.6 Å². The van der Waals surface area contributed by atoms with Crippen LogP contribution in [-0.2, 0) is 11.3 Å². The first kappa shape index (κ1) is 23.6. The van der Waals surface area contributed by atoms with Crippen molar-refractivity contribution in [3.63, 3.8) is 0 Å². The normalized spacial score (nSPS) is 13.3. The van der Waals surface area contributed by atoms with Crippen molar-refractivity contribution in [3.8, 4) is 11.5 Å². The number of ether oxygens (including phenoxy) is 3. The number of aromatic carboxylic acids is 1. The van der Waals surface area contributed by atoms with Crippen LogP contribution in [0.3, 0.4) is 0 Å². The van der Waals surface area contributed by atoms with Gasteiger partial charge in [-0.2, -0.15) is 5.10 Å². The molecule has 0 aliphatic rings. The van der Waals surface area contributed by atoms with Gasteiger partial charge < -0.3 is 24.4 Å². The van der Waals surface area contributed by atoms with Gasteiger partial charge in [0.2, 0.25) is 0 Å². The number of benzene rings is 2. The van der Waals surface area contributed by atoms with Gasteiger partial charge in [-0.15, -0.1) is 0 Å². The number of carbonyl (C=O) groups is 1. The lowest BCUT2D eigenvalue weighted by Crippen LogP contribution is -2.29. The Morgan fingerprint density at radius 2 is 1.81 bits per heavy atom. The minimum Gasteiger partial charge on any atom is -0.496 e. The van der Waals surface area contributed by atoms with Crippen molar-refractivity contribution >= 4 is 16.9 Å². The minimum atomic E-state index is -1.03. The summed E-state index contributed by atoms with van der Waals surface area (Å²) in [7, 11) is 3.14. The van der Waals surface area contributed by atoms with Crippen molar-refractivity contribution in [2.24, 2.45) is 5.92 Å². The summed E-state index contributed by atoms with van der Waals surface area (Å²) in [5.74, 6) is 0.448. The molecule has 172 valence electrons. The van der Waals surface area contributed by atoms with Crippen LogP contribution in [-0.4, -0.2) is 52.9 Å². The van der Waals surface area contributed by atoms with E-state index >= 15 is 0 Å².